The van der Waals surface area contributed by atoms with Gasteiger partial charge in [-0.15, -0.1) is 13.2 Å². The fraction of sp³-hybridized carbons (Fsp3) is 0.0800. The number of hydrogen-bond acceptors (Lipinski definition) is 5. The molecule has 7 nitrogen and oxygen atoms in total. The molecule has 0 aliphatic rings. The number of nitrogens with zero attached hydrogens (tertiary/aromatic N) is 2. The third-order valence-electron chi connectivity index (χ3n) is 5.29. The molecule has 0 atom stereocenters. The number of rotatable bonds is 6. The Hall–Kier alpha value is -4.32. The van der Waals surface area contributed by atoms with E-state index >= 15 is 0 Å². The quantitative estimate of drug-likeness (QED) is 0.169. The van der Waals surface area contributed by atoms with Crippen LogP contribution in [-0.2, 0) is 4.79 Å². The number of fused-ring (bicyclic) bond motifs is 3. The molecule has 2 aromatic heterocycles. The zero-order chi connectivity index (χ0) is 26.2. The lowest BCUT2D eigenvalue weighted by atomic mass is 10.2. The first-order chi connectivity index (χ1) is 17.7. The smallest absolute Gasteiger partial charge is 0.406 e. The number of aromatic amines is 1. The van der Waals surface area contributed by atoms with Crippen LogP contribution in [-0.4, -0.2) is 32.6 Å². The average molecular weight is 528 g/mol. The number of amides is 1. The average Bonchev–Trinajstić information content (AvgIpc) is 3.23. The number of halogens is 4. The maximum Gasteiger partial charge on any atom is 0.573 e. The Balaban J connectivity index is 1.45. The van der Waals surface area contributed by atoms with E-state index in [1.165, 1.54) is 30.3 Å². The SMILES string of the molecule is O=C(CSc1nc2c([nH]c3ccccc32)c(=O)n1-c1ccccc1F)Nc1ccc(OC(F)(F)F)cc1. The highest BCUT2D eigenvalue weighted by molar-refractivity contribution is 7.99. The van der Waals surface area contributed by atoms with Gasteiger partial charge in [0.2, 0.25) is 5.91 Å². The van der Waals surface area contributed by atoms with Crippen molar-refractivity contribution in [2.75, 3.05) is 11.1 Å². The third kappa shape index (κ3) is 5.14. The molecule has 0 aliphatic carbocycles. The van der Waals surface area contributed by atoms with Crippen LogP contribution in [0.3, 0.4) is 0 Å². The number of nitrogens with one attached hydrogen (secondary N) is 2. The molecule has 0 spiro atoms. The van der Waals surface area contributed by atoms with Crippen LogP contribution in [0, 0.1) is 5.82 Å². The summed E-state index contributed by atoms with van der Waals surface area (Å²) in [4.78, 5) is 33.7. The van der Waals surface area contributed by atoms with Gasteiger partial charge in [0.05, 0.1) is 11.4 Å². The van der Waals surface area contributed by atoms with Crippen molar-refractivity contribution in [3.05, 3.63) is 89.0 Å². The number of carbonyl (C=O) groups is 1. The number of aromatic nitrogens is 3. The second-order valence-corrected chi connectivity index (χ2v) is 8.73. The van der Waals surface area contributed by atoms with Gasteiger partial charge in [-0.25, -0.2) is 9.37 Å². The number of carbonyl (C=O) groups excluding carboxylic acids is 1. The van der Waals surface area contributed by atoms with Gasteiger partial charge in [0, 0.05) is 16.6 Å². The van der Waals surface area contributed by atoms with Gasteiger partial charge in [0.25, 0.3) is 5.56 Å². The van der Waals surface area contributed by atoms with Crippen LogP contribution in [0.1, 0.15) is 0 Å². The second-order valence-electron chi connectivity index (χ2n) is 7.79. The van der Waals surface area contributed by atoms with Crippen molar-refractivity contribution in [2.24, 2.45) is 0 Å². The van der Waals surface area contributed by atoms with E-state index in [2.05, 4.69) is 20.0 Å². The van der Waals surface area contributed by atoms with E-state index in [0.29, 0.717) is 16.4 Å². The first-order valence-electron chi connectivity index (χ1n) is 10.8. The highest BCUT2D eigenvalue weighted by atomic mass is 32.2. The third-order valence-corrected chi connectivity index (χ3v) is 6.23. The summed E-state index contributed by atoms with van der Waals surface area (Å²) in [5.41, 5.74) is 0.945. The molecule has 0 aliphatic heterocycles. The van der Waals surface area contributed by atoms with E-state index in [1.807, 2.05) is 0 Å². The van der Waals surface area contributed by atoms with Crippen molar-refractivity contribution in [3.8, 4) is 11.4 Å². The zero-order valence-electron chi connectivity index (χ0n) is 18.7. The molecule has 37 heavy (non-hydrogen) atoms. The maximum atomic E-state index is 14.7. The number of para-hydroxylation sites is 2. The molecule has 12 heteroatoms. The predicted molar refractivity (Wildman–Crippen MR) is 132 cm³/mol. The molecule has 3 aromatic carbocycles. The van der Waals surface area contributed by atoms with E-state index in [1.54, 1.807) is 30.3 Å². The lowest BCUT2D eigenvalue weighted by Crippen LogP contribution is -2.23. The lowest BCUT2D eigenvalue weighted by molar-refractivity contribution is -0.274. The fourth-order valence-corrected chi connectivity index (χ4v) is 4.55. The van der Waals surface area contributed by atoms with Crippen LogP contribution in [0.4, 0.5) is 23.2 Å². The minimum atomic E-state index is -4.83. The minimum Gasteiger partial charge on any atom is -0.406 e. The molecule has 0 bridgehead atoms. The number of ether oxygens (including phenoxy) is 1. The molecule has 0 radical (unpaired) electrons. The van der Waals surface area contributed by atoms with Crippen LogP contribution in [0.2, 0.25) is 0 Å². The highest BCUT2D eigenvalue weighted by Gasteiger charge is 2.31. The Morgan fingerprint density at radius 2 is 1.73 bits per heavy atom. The van der Waals surface area contributed by atoms with Crippen LogP contribution in [0.15, 0.2) is 82.7 Å². The number of hydrogen-bond donors (Lipinski definition) is 2. The molecular weight excluding hydrogens is 512 g/mol. The van der Waals surface area contributed by atoms with Gasteiger partial charge >= 0.3 is 6.36 Å². The topological polar surface area (TPSA) is 89.0 Å². The summed E-state index contributed by atoms with van der Waals surface area (Å²) >= 11 is 0.916. The molecule has 2 heterocycles. The van der Waals surface area contributed by atoms with Gasteiger partial charge in [-0.05, 0) is 42.5 Å². The molecule has 5 aromatic rings. The number of anilines is 1. The van der Waals surface area contributed by atoms with E-state index in [4.69, 9.17) is 0 Å². The molecule has 1 amide bonds. The van der Waals surface area contributed by atoms with Crippen LogP contribution in [0.5, 0.6) is 5.75 Å². The number of thioether (sulfide) groups is 1. The highest BCUT2D eigenvalue weighted by Crippen LogP contribution is 2.28. The fourth-order valence-electron chi connectivity index (χ4n) is 3.75. The molecule has 0 saturated heterocycles. The summed E-state index contributed by atoms with van der Waals surface area (Å²) in [5.74, 6) is -1.79. The van der Waals surface area contributed by atoms with Crippen molar-refractivity contribution in [1.29, 1.82) is 0 Å². The summed E-state index contributed by atoms with van der Waals surface area (Å²) in [6.07, 6.45) is -4.83. The van der Waals surface area contributed by atoms with Crippen LogP contribution < -0.4 is 15.6 Å². The number of H-pyrrole nitrogens is 1. The van der Waals surface area contributed by atoms with Crippen molar-refractivity contribution in [2.45, 2.75) is 11.5 Å². The molecule has 0 saturated carbocycles. The van der Waals surface area contributed by atoms with Gasteiger partial charge < -0.3 is 15.0 Å². The van der Waals surface area contributed by atoms with Crippen molar-refractivity contribution in [1.82, 2.24) is 14.5 Å². The molecule has 2 N–H and O–H groups in total. The zero-order valence-corrected chi connectivity index (χ0v) is 19.5. The summed E-state index contributed by atoms with van der Waals surface area (Å²) in [5, 5.41) is 3.35. The Morgan fingerprint density at radius 1 is 1.03 bits per heavy atom. The van der Waals surface area contributed by atoms with Gasteiger partial charge in [0.1, 0.15) is 22.6 Å². The van der Waals surface area contributed by atoms with Crippen molar-refractivity contribution in [3.63, 3.8) is 0 Å². The normalized spacial score (nSPS) is 11.7. The summed E-state index contributed by atoms with van der Waals surface area (Å²) in [7, 11) is 0. The Kier molecular flexibility index (Phi) is 6.34. The summed E-state index contributed by atoms with van der Waals surface area (Å²) < 4.78 is 56.6. The Labute approximate surface area is 210 Å². The standard InChI is InChI=1S/C25H16F4N4O3S/c26-17-6-2-4-8-19(17)33-23(35)22-21(16-5-1-3-7-18(16)31-22)32-24(33)37-13-20(34)30-14-9-11-15(12-10-14)36-25(27,28)29/h1-12,31H,13H2,(H,30,34). The number of benzene rings is 3. The van der Waals surface area contributed by atoms with Crippen LogP contribution in [0.25, 0.3) is 27.6 Å². The Bertz CT molecular complexity index is 1680. The largest absolute Gasteiger partial charge is 0.573 e. The van der Waals surface area contributed by atoms with Gasteiger partial charge in [0.15, 0.2) is 5.16 Å². The Morgan fingerprint density at radius 3 is 2.46 bits per heavy atom. The van der Waals surface area contributed by atoms with Crippen LogP contribution >= 0.6 is 11.8 Å². The van der Waals surface area contributed by atoms with Crippen molar-refractivity contribution >= 4 is 45.3 Å². The lowest BCUT2D eigenvalue weighted by Gasteiger charge is -2.13. The van der Waals surface area contributed by atoms with E-state index in [-0.39, 0.29) is 27.8 Å². The van der Waals surface area contributed by atoms with Gasteiger partial charge in [-0.3, -0.25) is 14.2 Å². The van der Waals surface area contributed by atoms with E-state index in [9.17, 15) is 27.2 Å². The molecule has 0 unspecified atom stereocenters. The second kappa shape index (κ2) is 9.62. The first kappa shape index (κ1) is 24.4. The molecule has 188 valence electrons. The maximum absolute atomic E-state index is 14.7. The number of alkyl halides is 3. The monoisotopic (exact) mass is 528 g/mol. The predicted octanol–water partition coefficient (Wildman–Crippen LogP) is 5.64. The molecular formula is C25H16F4N4O3S. The van der Waals surface area contributed by atoms with E-state index in [0.717, 1.165) is 28.5 Å². The molecule has 5 rings (SSSR count). The first-order valence-corrected chi connectivity index (χ1v) is 11.7. The van der Waals surface area contributed by atoms with E-state index < -0.39 is 29.4 Å². The van der Waals surface area contributed by atoms with Gasteiger partial charge in [-0.2, -0.15) is 0 Å². The molecule has 0 fully saturated rings. The minimum absolute atomic E-state index is 0.0243. The van der Waals surface area contributed by atoms with Gasteiger partial charge in [-0.1, -0.05) is 42.1 Å². The van der Waals surface area contributed by atoms with Crippen molar-refractivity contribution < 1.29 is 27.1 Å². The summed E-state index contributed by atoms with van der Waals surface area (Å²) in [6.45, 7) is 0. The summed E-state index contributed by atoms with van der Waals surface area (Å²) in [6, 6.07) is 17.5.